The van der Waals surface area contributed by atoms with E-state index in [1.165, 1.54) is 6.42 Å². The van der Waals surface area contributed by atoms with E-state index in [1.54, 1.807) is 6.07 Å². The fraction of sp³-hybridized carbons (Fsp3) is 0.769. The molecular formula is C13H16Cl2N2O2. The third-order valence-electron chi connectivity index (χ3n) is 3.80. The summed E-state index contributed by atoms with van der Waals surface area (Å²) in [6.07, 6.45) is 5.48. The molecule has 2 aliphatic carbocycles. The lowest BCUT2D eigenvalue weighted by Gasteiger charge is -2.23. The first-order valence-electron chi connectivity index (χ1n) is 6.57. The van der Waals surface area contributed by atoms with Crippen LogP contribution in [0.2, 0.25) is 0 Å². The number of carbonyl (C=O) groups is 2. The van der Waals surface area contributed by atoms with Crippen LogP contribution in [0.1, 0.15) is 38.5 Å². The second-order valence-corrected chi connectivity index (χ2v) is 6.87. The minimum Gasteiger partial charge on any atom is -0.352 e. The predicted molar refractivity (Wildman–Crippen MR) is 71.7 cm³/mol. The van der Waals surface area contributed by atoms with E-state index in [-0.39, 0.29) is 6.04 Å². The molecule has 0 aromatic rings. The minimum absolute atomic E-state index is 0.0841. The first-order valence-corrected chi connectivity index (χ1v) is 7.33. The Balaban J connectivity index is 1.92. The highest BCUT2D eigenvalue weighted by Crippen LogP contribution is 2.54. The van der Waals surface area contributed by atoms with Gasteiger partial charge in [0, 0.05) is 6.04 Å². The lowest BCUT2D eigenvalue weighted by Crippen LogP contribution is -2.42. The molecule has 2 atom stereocenters. The van der Waals surface area contributed by atoms with Crippen molar-refractivity contribution in [1.82, 2.24) is 5.32 Å². The molecule has 4 nitrogen and oxygen atoms in total. The van der Waals surface area contributed by atoms with Crippen molar-refractivity contribution in [3.05, 3.63) is 0 Å². The fourth-order valence-corrected chi connectivity index (χ4v) is 3.03. The van der Waals surface area contributed by atoms with Crippen LogP contribution in [0, 0.1) is 23.2 Å². The predicted octanol–water partition coefficient (Wildman–Crippen LogP) is 2.34. The Morgan fingerprint density at radius 3 is 2.32 bits per heavy atom. The molecule has 1 N–H and O–H groups in total. The summed E-state index contributed by atoms with van der Waals surface area (Å²) in [5.74, 6) is -2.83. The molecule has 104 valence electrons. The Kier molecular flexibility index (Phi) is 4.37. The number of nitriles is 1. The normalized spacial score (nSPS) is 27.1. The van der Waals surface area contributed by atoms with E-state index >= 15 is 0 Å². The molecule has 2 rings (SSSR count). The second kappa shape index (κ2) is 5.68. The second-order valence-electron chi connectivity index (χ2n) is 5.33. The number of hydrogen-bond donors (Lipinski definition) is 1. The van der Waals surface area contributed by atoms with Gasteiger partial charge >= 0.3 is 0 Å². The Bertz CT molecular complexity index is 425. The van der Waals surface area contributed by atoms with Crippen LogP contribution in [0.25, 0.3) is 0 Å². The summed E-state index contributed by atoms with van der Waals surface area (Å²) in [4.78, 5) is 24.0. The zero-order valence-electron chi connectivity index (χ0n) is 10.5. The lowest BCUT2D eigenvalue weighted by molar-refractivity contribution is -0.132. The zero-order chi connectivity index (χ0) is 14.0. The quantitative estimate of drug-likeness (QED) is 0.640. The molecule has 0 spiro atoms. The van der Waals surface area contributed by atoms with Crippen molar-refractivity contribution in [2.24, 2.45) is 11.8 Å². The Morgan fingerprint density at radius 1 is 1.26 bits per heavy atom. The van der Waals surface area contributed by atoms with E-state index in [0.717, 1.165) is 25.7 Å². The summed E-state index contributed by atoms with van der Waals surface area (Å²) < 4.78 is -1.09. The van der Waals surface area contributed by atoms with E-state index in [0.29, 0.717) is 6.42 Å². The first kappa shape index (κ1) is 14.6. The van der Waals surface area contributed by atoms with Crippen LogP contribution < -0.4 is 5.32 Å². The number of nitrogens with zero attached hydrogens (tertiary/aromatic N) is 1. The van der Waals surface area contributed by atoms with Crippen LogP contribution in [0.3, 0.4) is 0 Å². The van der Waals surface area contributed by atoms with Crippen LogP contribution in [0.5, 0.6) is 0 Å². The monoisotopic (exact) mass is 302 g/mol. The summed E-state index contributed by atoms with van der Waals surface area (Å²) in [7, 11) is 0. The number of rotatable bonds is 4. The molecule has 0 aromatic carbocycles. The molecule has 2 saturated carbocycles. The van der Waals surface area contributed by atoms with Gasteiger partial charge in [0.15, 0.2) is 11.7 Å². The van der Waals surface area contributed by atoms with Gasteiger partial charge in [-0.2, -0.15) is 5.26 Å². The van der Waals surface area contributed by atoms with Gasteiger partial charge < -0.3 is 5.32 Å². The Labute approximate surface area is 122 Å². The molecule has 0 aromatic heterocycles. The molecule has 6 heteroatoms. The molecule has 0 bridgehead atoms. The van der Waals surface area contributed by atoms with Crippen molar-refractivity contribution in [2.75, 3.05) is 0 Å². The molecule has 0 radical (unpaired) electrons. The van der Waals surface area contributed by atoms with E-state index in [9.17, 15) is 9.59 Å². The standard InChI is InChI=1S/C13H16Cl2N2O2/c14-13(15)6-10(13)11(18)9(7-16)12(19)17-8-4-2-1-3-5-8/h8-10H,1-6H2,(H,17,19)/t9-,10+/m1/s1. The molecule has 19 heavy (non-hydrogen) atoms. The van der Waals surface area contributed by atoms with Gasteiger partial charge in [-0.25, -0.2) is 0 Å². The van der Waals surface area contributed by atoms with Crippen molar-refractivity contribution < 1.29 is 9.59 Å². The van der Waals surface area contributed by atoms with E-state index in [2.05, 4.69) is 5.32 Å². The Morgan fingerprint density at radius 2 is 1.84 bits per heavy atom. The number of hydrogen-bond acceptors (Lipinski definition) is 3. The average Bonchev–Trinajstić information content (AvgIpc) is 3.00. The smallest absolute Gasteiger partial charge is 0.245 e. The third kappa shape index (κ3) is 3.40. The number of Topliss-reactive ketones (excluding diaryl/α,β-unsaturated/α-hetero) is 1. The number of nitrogens with one attached hydrogen (secondary N) is 1. The molecule has 1 amide bonds. The molecule has 2 fully saturated rings. The van der Waals surface area contributed by atoms with Crippen molar-refractivity contribution in [3.8, 4) is 6.07 Å². The number of ketones is 1. The lowest BCUT2D eigenvalue weighted by atomic mass is 9.94. The van der Waals surface area contributed by atoms with Gasteiger partial charge in [-0.15, -0.1) is 23.2 Å². The van der Waals surface area contributed by atoms with Gasteiger partial charge in [0.05, 0.1) is 12.0 Å². The SMILES string of the molecule is N#C[C@@H](C(=O)NC1CCCCC1)C(=O)[C@@H]1CC1(Cl)Cl. The maximum atomic E-state index is 12.0. The highest BCUT2D eigenvalue weighted by molar-refractivity contribution is 6.52. The fourth-order valence-electron chi connectivity index (χ4n) is 2.51. The average molecular weight is 303 g/mol. The van der Waals surface area contributed by atoms with E-state index in [4.69, 9.17) is 28.5 Å². The number of amides is 1. The summed E-state index contributed by atoms with van der Waals surface area (Å²) in [6, 6.07) is 1.86. The summed E-state index contributed by atoms with van der Waals surface area (Å²) in [5, 5.41) is 11.8. The third-order valence-corrected chi connectivity index (χ3v) is 4.63. The van der Waals surface area contributed by atoms with Crippen molar-refractivity contribution in [2.45, 2.75) is 48.9 Å². The number of halogens is 2. The number of carbonyl (C=O) groups excluding carboxylic acids is 2. The van der Waals surface area contributed by atoms with Crippen molar-refractivity contribution in [3.63, 3.8) is 0 Å². The topological polar surface area (TPSA) is 70.0 Å². The van der Waals surface area contributed by atoms with Crippen molar-refractivity contribution >= 4 is 34.9 Å². The van der Waals surface area contributed by atoms with Crippen LogP contribution in [-0.2, 0) is 9.59 Å². The van der Waals surface area contributed by atoms with Gasteiger partial charge in [0.1, 0.15) is 4.33 Å². The highest BCUT2D eigenvalue weighted by atomic mass is 35.5. The van der Waals surface area contributed by atoms with Crippen molar-refractivity contribution in [1.29, 1.82) is 5.26 Å². The zero-order valence-corrected chi connectivity index (χ0v) is 12.0. The van der Waals surface area contributed by atoms with Gasteiger partial charge in [0.25, 0.3) is 0 Å². The maximum absolute atomic E-state index is 12.0. The van der Waals surface area contributed by atoms with E-state index in [1.807, 2.05) is 0 Å². The van der Waals surface area contributed by atoms with Crippen LogP contribution in [0.4, 0.5) is 0 Å². The molecular weight excluding hydrogens is 287 g/mol. The van der Waals surface area contributed by atoms with Crippen LogP contribution in [0.15, 0.2) is 0 Å². The number of alkyl halides is 2. The molecule has 0 heterocycles. The van der Waals surface area contributed by atoms with Gasteiger partial charge in [-0.1, -0.05) is 19.3 Å². The largest absolute Gasteiger partial charge is 0.352 e. The molecule has 0 aliphatic heterocycles. The molecule has 0 unspecified atom stereocenters. The minimum atomic E-state index is -1.29. The maximum Gasteiger partial charge on any atom is 0.245 e. The summed E-state index contributed by atoms with van der Waals surface area (Å²) >= 11 is 11.6. The van der Waals surface area contributed by atoms with Crippen LogP contribution >= 0.6 is 23.2 Å². The molecule has 0 saturated heterocycles. The van der Waals surface area contributed by atoms with Gasteiger partial charge in [-0.3, -0.25) is 9.59 Å². The van der Waals surface area contributed by atoms with Gasteiger partial charge in [-0.05, 0) is 19.3 Å². The first-order chi connectivity index (χ1) is 8.95. The van der Waals surface area contributed by atoms with Gasteiger partial charge in [0.2, 0.25) is 5.91 Å². The Hall–Kier alpha value is -0.790. The van der Waals surface area contributed by atoms with E-state index < -0.39 is 27.9 Å². The summed E-state index contributed by atoms with van der Waals surface area (Å²) in [5.41, 5.74) is 0. The highest BCUT2D eigenvalue weighted by Gasteiger charge is 2.58. The molecule has 2 aliphatic rings. The summed E-state index contributed by atoms with van der Waals surface area (Å²) in [6.45, 7) is 0. The van der Waals surface area contributed by atoms with Crippen LogP contribution in [-0.4, -0.2) is 22.1 Å².